The number of nitro benzene ring substituents is 1. The Hall–Kier alpha value is -3.68. The van der Waals surface area contributed by atoms with Crippen LogP contribution in [0, 0.1) is 10.1 Å². The highest BCUT2D eigenvalue weighted by atomic mass is 35.5. The summed E-state index contributed by atoms with van der Waals surface area (Å²) in [6, 6.07) is 19.8. The minimum atomic E-state index is -0.761. The molecule has 0 amide bonds. The molecule has 7 nitrogen and oxygen atoms in total. The molecule has 3 aromatic rings. The van der Waals surface area contributed by atoms with Gasteiger partial charge in [0.15, 0.2) is 6.61 Å². The number of oxime groups is 1. The number of halogens is 2. The van der Waals surface area contributed by atoms with Crippen LogP contribution in [0.25, 0.3) is 6.08 Å². The minimum absolute atomic E-state index is 0.0543. The summed E-state index contributed by atoms with van der Waals surface area (Å²) in [4.78, 5) is 27.8. The van der Waals surface area contributed by atoms with Crippen molar-refractivity contribution in [3.05, 3.63) is 110 Å². The quantitative estimate of drug-likeness (QED) is 0.176. The zero-order valence-corrected chi connectivity index (χ0v) is 18.0. The summed E-state index contributed by atoms with van der Waals surface area (Å²) in [6.07, 6.45) is 3.06. The molecule has 0 spiro atoms. The Balaban J connectivity index is 1.76. The second-order valence-electron chi connectivity index (χ2n) is 6.32. The number of allylic oxidation sites excluding steroid dienone is 1. The maximum absolute atomic E-state index is 12.1. The number of hydrogen-bond acceptors (Lipinski definition) is 6. The van der Waals surface area contributed by atoms with Crippen LogP contribution in [0.1, 0.15) is 11.1 Å². The SMILES string of the molecule is O=C(COc1ccc(Cl)cc1Cl)ON=C(/C=C/c1ccccc1[N+](=O)[O-])c1ccccc1. The number of carbonyl (C=O) groups is 1. The summed E-state index contributed by atoms with van der Waals surface area (Å²) in [5, 5.41) is 15.8. The van der Waals surface area contributed by atoms with Crippen LogP contribution in [0.5, 0.6) is 5.75 Å². The summed E-state index contributed by atoms with van der Waals surface area (Å²) in [5.41, 5.74) is 1.27. The van der Waals surface area contributed by atoms with Gasteiger partial charge in [-0.15, -0.1) is 0 Å². The molecular weight excluding hydrogens is 455 g/mol. The number of para-hydroxylation sites is 1. The van der Waals surface area contributed by atoms with E-state index in [0.29, 0.717) is 21.9 Å². The van der Waals surface area contributed by atoms with E-state index in [1.165, 1.54) is 30.4 Å². The lowest BCUT2D eigenvalue weighted by Gasteiger charge is -2.07. The van der Waals surface area contributed by atoms with E-state index in [1.807, 2.05) is 6.07 Å². The third-order valence-corrected chi connectivity index (χ3v) is 4.64. The molecule has 32 heavy (non-hydrogen) atoms. The molecule has 0 aliphatic heterocycles. The van der Waals surface area contributed by atoms with Gasteiger partial charge in [0.1, 0.15) is 11.5 Å². The molecule has 0 atom stereocenters. The van der Waals surface area contributed by atoms with Crippen molar-refractivity contribution in [2.24, 2.45) is 5.16 Å². The van der Waals surface area contributed by atoms with Gasteiger partial charge < -0.3 is 9.57 Å². The second kappa shape index (κ2) is 11.1. The molecule has 0 saturated heterocycles. The fraction of sp³-hybridized carbons (Fsp3) is 0.0435. The third kappa shape index (κ3) is 6.41. The molecule has 162 valence electrons. The highest BCUT2D eigenvalue weighted by molar-refractivity contribution is 6.35. The van der Waals surface area contributed by atoms with E-state index in [2.05, 4.69) is 5.16 Å². The number of nitrogens with zero attached hydrogens (tertiary/aromatic N) is 2. The summed E-state index contributed by atoms with van der Waals surface area (Å²) in [6.45, 7) is -0.430. The zero-order chi connectivity index (χ0) is 22.9. The van der Waals surface area contributed by atoms with Crippen molar-refractivity contribution in [3.8, 4) is 5.75 Å². The molecule has 0 N–H and O–H groups in total. The third-order valence-electron chi connectivity index (χ3n) is 4.11. The van der Waals surface area contributed by atoms with E-state index < -0.39 is 17.5 Å². The van der Waals surface area contributed by atoms with Crippen molar-refractivity contribution in [1.82, 2.24) is 0 Å². The van der Waals surface area contributed by atoms with Gasteiger partial charge in [-0.25, -0.2) is 4.79 Å². The molecule has 0 unspecified atom stereocenters. The van der Waals surface area contributed by atoms with E-state index in [0.717, 1.165) is 0 Å². The van der Waals surface area contributed by atoms with Crippen LogP contribution in [0.15, 0.2) is 84.0 Å². The normalized spacial score (nSPS) is 11.4. The average Bonchev–Trinajstić information content (AvgIpc) is 2.79. The van der Waals surface area contributed by atoms with Gasteiger partial charge in [0.05, 0.1) is 15.5 Å². The molecule has 3 rings (SSSR count). The highest BCUT2D eigenvalue weighted by Gasteiger charge is 2.11. The molecule has 3 aromatic carbocycles. The van der Waals surface area contributed by atoms with E-state index in [9.17, 15) is 14.9 Å². The fourth-order valence-corrected chi connectivity index (χ4v) is 3.07. The Kier molecular flexibility index (Phi) is 7.96. The lowest BCUT2D eigenvalue weighted by molar-refractivity contribution is -0.385. The minimum Gasteiger partial charge on any atom is -0.480 e. The van der Waals surface area contributed by atoms with Crippen molar-refractivity contribution in [2.75, 3.05) is 6.61 Å². The van der Waals surface area contributed by atoms with Crippen molar-refractivity contribution in [3.63, 3.8) is 0 Å². The number of carbonyl (C=O) groups excluding carboxylic acids is 1. The standard InChI is InChI=1S/C23H16Cl2N2O5/c24-18-11-13-22(19(25)14-18)31-15-23(28)32-26-20(16-6-2-1-3-7-16)12-10-17-8-4-5-9-21(17)27(29)30/h1-14H,15H2/b12-10+,26-20?. The first kappa shape index (κ1) is 23.0. The van der Waals surface area contributed by atoms with Gasteiger partial charge in [0.2, 0.25) is 0 Å². The van der Waals surface area contributed by atoms with Crippen molar-refractivity contribution < 1.29 is 19.3 Å². The largest absolute Gasteiger partial charge is 0.480 e. The average molecular weight is 471 g/mol. The van der Waals surface area contributed by atoms with Gasteiger partial charge >= 0.3 is 5.97 Å². The Morgan fingerprint density at radius 3 is 2.47 bits per heavy atom. The number of ether oxygens (including phenoxy) is 1. The summed E-state index contributed by atoms with van der Waals surface area (Å²) >= 11 is 11.8. The molecule has 0 heterocycles. The van der Waals surface area contributed by atoms with Gasteiger partial charge in [0, 0.05) is 16.7 Å². The summed E-state index contributed by atoms with van der Waals surface area (Å²) in [5.74, 6) is -0.486. The maximum atomic E-state index is 12.1. The monoisotopic (exact) mass is 470 g/mol. The van der Waals surface area contributed by atoms with E-state index in [4.69, 9.17) is 32.8 Å². The molecule has 0 aliphatic carbocycles. The first-order chi connectivity index (χ1) is 15.4. The predicted octanol–water partition coefficient (Wildman–Crippen LogP) is 5.94. The van der Waals surface area contributed by atoms with Crippen LogP contribution in [-0.2, 0) is 9.63 Å². The predicted molar refractivity (Wildman–Crippen MR) is 123 cm³/mol. The molecule has 0 aliphatic rings. The number of rotatable bonds is 8. The van der Waals surface area contributed by atoms with Crippen molar-refractivity contribution in [2.45, 2.75) is 0 Å². The van der Waals surface area contributed by atoms with Gasteiger partial charge in [-0.2, -0.15) is 0 Å². The van der Waals surface area contributed by atoms with E-state index in [1.54, 1.807) is 48.5 Å². The van der Waals surface area contributed by atoms with Gasteiger partial charge in [-0.1, -0.05) is 70.8 Å². The van der Waals surface area contributed by atoms with Crippen LogP contribution >= 0.6 is 23.2 Å². The van der Waals surface area contributed by atoms with Gasteiger partial charge in [-0.3, -0.25) is 10.1 Å². The summed E-state index contributed by atoms with van der Waals surface area (Å²) in [7, 11) is 0. The molecule has 0 aromatic heterocycles. The topological polar surface area (TPSA) is 91.0 Å². The second-order valence-corrected chi connectivity index (χ2v) is 7.16. The zero-order valence-electron chi connectivity index (χ0n) is 16.5. The van der Waals surface area contributed by atoms with Crippen molar-refractivity contribution in [1.29, 1.82) is 0 Å². The van der Waals surface area contributed by atoms with Crippen LogP contribution in [-0.4, -0.2) is 23.2 Å². The lowest BCUT2D eigenvalue weighted by atomic mass is 10.1. The Labute approximate surface area is 193 Å². The molecule has 9 heteroatoms. The smallest absolute Gasteiger partial charge is 0.372 e. The Bertz CT molecular complexity index is 1180. The highest BCUT2D eigenvalue weighted by Crippen LogP contribution is 2.27. The van der Waals surface area contributed by atoms with Crippen LogP contribution in [0.3, 0.4) is 0 Å². The first-order valence-electron chi connectivity index (χ1n) is 9.26. The number of benzene rings is 3. The number of hydrogen-bond donors (Lipinski definition) is 0. The first-order valence-corrected chi connectivity index (χ1v) is 10.0. The van der Waals surface area contributed by atoms with Crippen LogP contribution in [0.2, 0.25) is 10.0 Å². The lowest BCUT2D eigenvalue weighted by Crippen LogP contribution is -2.13. The van der Waals surface area contributed by atoms with E-state index in [-0.39, 0.29) is 16.5 Å². The molecular formula is C23H16Cl2N2O5. The van der Waals surface area contributed by atoms with Crippen LogP contribution < -0.4 is 4.74 Å². The maximum Gasteiger partial charge on any atom is 0.372 e. The van der Waals surface area contributed by atoms with E-state index >= 15 is 0 Å². The number of nitro groups is 1. The van der Waals surface area contributed by atoms with Crippen LogP contribution in [0.4, 0.5) is 5.69 Å². The molecule has 0 bridgehead atoms. The molecule has 0 saturated carbocycles. The molecule has 0 fully saturated rings. The van der Waals surface area contributed by atoms with Gasteiger partial charge in [0.25, 0.3) is 5.69 Å². The van der Waals surface area contributed by atoms with Crippen molar-refractivity contribution >= 4 is 46.6 Å². The molecule has 0 radical (unpaired) electrons. The summed E-state index contributed by atoms with van der Waals surface area (Å²) < 4.78 is 5.34. The Morgan fingerprint density at radius 2 is 1.75 bits per heavy atom. The fourth-order valence-electron chi connectivity index (χ4n) is 2.61. The Morgan fingerprint density at radius 1 is 1.03 bits per heavy atom. The van der Waals surface area contributed by atoms with Gasteiger partial charge in [-0.05, 0) is 36.4 Å².